The molecule has 0 heterocycles. The summed E-state index contributed by atoms with van der Waals surface area (Å²) < 4.78 is 1.88. The number of nitrogens with two attached hydrogens (primary N) is 1. The number of amides is 1. The van der Waals surface area contributed by atoms with Crippen LogP contribution in [0.4, 0.5) is 5.69 Å². The van der Waals surface area contributed by atoms with Gasteiger partial charge in [-0.1, -0.05) is 44.0 Å². The van der Waals surface area contributed by atoms with E-state index in [0.29, 0.717) is 11.3 Å². The molecule has 0 saturated carbocycles. The average molecular weight is 412 g/mol. The molecule has 0 aliphatic carbocycles. The van der Waals surface area contributed by atoms with Gasteiger partial charge in [0.05, 0.1) is 5.56 Å². The summed E-state index contributed by atoms with van der Waals surface area (Å²) in [6, 6.07) is 13.4. The highest BCUT2D eigenvalue weighted by molar-refractivity contribution is 9.10. The summed E-state index contributed by atoms with van der Waals surface area (Å²) in [7, 11) is 0. The van der Waals surface area contributed by atoms with Gasteiger partial charge in [-0.05, 0) is 49.2 Å². The summed E-state index contributed by atoms with van der Waals surface area (Å²) in [6.45, 7) is 1.98. The van der Waals surface area contributed by atoms with E-state index >= 15 is 0 Å². The summed E-state index contributed by atoms with van der Waals surface area (Å²) >= 11 is 6.76. The SMILES string of the molecule is CC(Cc1ccc(Br)cc1)NC(=O)c1cc(Br)ccc1N. The van der Waals surface area contributed by atoms with E-state index in [9.17, 15) is 4.79 Å². The first-order valence-electron chi connectivity index (χ1n) is 6.56. The van der Waals surface area contributed by atoms with Crippen molar-refractivity contribution in [3.05, 3.63) is 62.5 Å². The van der Waals surface area contributed by atoms with Crippen LogP contribution in [0.2, 0.25) is 0 Å². The highest BCUT2D eigenvalue weighted by Crippen LogP contribution is 2.18. The minimum absolute atomic E-state index is 0.0251. The van der Waals surface area contributed by atoms with Gasteiger partial charge in [0, 0.05) is 20.7 Å². The van der Waals surface area contributed by atoms with Gasteiger partial charge >= 0.3 is 0 Å². The number of nitrogens with one attached hydrogen (secondary N) is 1. The molecule has 3 nitrogen and oxygen atoms in total. The fourth-order valence-corrected chi connectivity index (χ4v) is 2.68. The van der Waals surface area contributed by atoms with Crippen LogP contribution in [-0.2, 0) is 6.42 Å². The van der Waals surface area contributed by atoms with Gasteiger partial charge in [-0.3, -0.25) is 4.79 Å². The molecule has 0 fully saturated rings. The molecule has 2 aromatic carbocycles. The standard InChI is InChI=1S/C16H16Br2N2O/c1-10(8-11-2-4-12(17)5-3-11)20-16(21)14-9-13(18)6-7-15(14)19/h2-7,9-10H,8,19H2,1H3,(H,20,21). The quantitative estimate of drug-likeness (QED) is 0.742. The van der Waals surface area contributed by atoms with Crippen LogP contribution in [0.3, 0.4) is 0 Å². The number of halogens is 2. The van der Waals surface area contributed by atoms with Crippen LogP contribution in [-0.4, -0.2) is 11.9 Å². The third-order valence-electron chi connectivity index (χ3n) is 3.09. The van der Waals surface area contributed by atoms with Gasteiger partial charge in [-0.25, -0.2) is 0 Å². The number of benzene rings is 2. The largest absolute Gasteiger partial charge is 0.398 e. The van der Waals surface area contributed by atoms with Crippen LogP contribution in [0.5, 0.6) is 0 Å². The Labute approximate surface area is 141 Å². The second kappa shape index (κ2) is 7.09. The van der Waals surface area contributed by atoms with Crippen molar-refractivity contribution in [3.8, 4) is 0 Å². The van der Waals surface area contributed by atoms with E-state index in [2.05, 4.69) is 37.2 Å². The van der Waals surface area contributed by atoms with Gasteiger partial charge in [0.15, 0.2) is 0 Å². The summed E-state index contributed by atoms with van der Waals surface area (Å²) in [6.07, 6.45) is 0.771. The highest BCUT2D eigenvalue weighted by atomic mass is 79.9. The third kappa shape index (κ3) is 4.58. The molecular weight excluding hydrogens is 396 g/mol. The van der Waals surface area contributed by atoms with Gasteiger partial charge in [0.1, 0.15) is 0 Å². The van der Waals surface area contributed by atoms with E-state index in [1.165, 1.54) is 5.56 Å². The first-order chi connectivity index (χ1) is 9.95. The van der Waals surface area contributed by atoms with Crippen molar-refractivity contribution >= 4 is 43.5 Å². The fraction of sp³-hybridized carbons (Fsp3) is 0.188. The molecule has 3 N–H and O–H groups in total. The van der Waals surface area contributed by atoms with Crippen LogP contribution in [0, 0.1) is 0 Å². The molecule has 0 aromatic heterocycles. The van der Waals surface area contributed by atoms with Crippen molar-refractivity contribution in [1.29, 1.82) is 0 Å². The minimum Gasteiger partial charge on any atom is -0.398 e. The maximum absolute atomic E-state index is 12.3. The first kappa shape index (κ1) is 16.0. The van der Waals surface area contributed by atoms with Crippen molar-refractivity contribution < 1.29 is 4.79 Å². The van der Waals surface area contributed by atoms with Crippen molar-refractivity contribution in [2.45, 2.75) is 19.4 Å². The van der Waals surface area contributed by atoms with Gasteiger partial charge in [0.2, 0.25) is 0 Å². The molecule has 0 radical (unpaired) electrons. The van der Waals surface area contributed by atoms with Crippen molar-refractivity contribution in [3.63, 3.8) is 0 Å². The topological polar surface area (TPSA) is 55.1 Å². The predicted octanol–water partition coefficient (Wildman–Crippen LogP) is 4.15. The normalized spacial score (nSPS) is 12.0. The molecule has 0 bridgehead atoms. The Morgan fingerprint density at radius 3 is 2.43 bits per heavy atom. The number of carbonyl (C=O) groups is 1. The maximum Gasteiger partial charge on any atom is 0.253 e. The summed E-state index contributed by atoms with van der Waals surface area (Å²) in [5, 5.41) is 2.98. The third-order valence-corrected chi connectivity index (χ3v) is 4.11. The first-order valence-corrected chi connectivity index (χ1v) is 8.14. The molecule has 1 atom stereocenters. The molecule has 0 aliphatic rings. The van der Waals surface area contributed by atoms with Gasteiger partial charge < -0.3 is 11.1 Å². The van der Waals surface area contributed by atoms with Gasteiger partial charge in [-0.2, -0.15) is 0 Å². The van der Waals surface area contributed by atoms with Crippen LogP contribution >= 0.6 is 31.9 Å². The van der Waals surface area contributed by atoms with Crippen molar-refractivity contribution in [2.24, 2.45) is 0 Å². The zero-order chi connectivity index (χ0) is 15.4. The van der Waals surface area contributed by atoms with E-state index in [4.69, 9.17) is 5.73 Å². The van der Waals surface area contributed by atoms with E-state index < -0.39 is 0 Å². The maximum atomic E-state index is 12.3. The van der Waals surface area contributed by atoms with Gasteiger partial charge in [0.25, 0.3) is 5.91 Å². The van der Waals surface area contributed by atoms with Crippen molar-refractivity contribution in [2.75, 3.05) is 5.73 Å². The molecule has 0 aliphatic heterocycles. The lowest BCUT2D eigenvalue weighted by Gasteiger charge is -2.15. The molecule has 110 valence electrons. The van der Waals surface area contributed by atoms with Crippen LogP contribution in [0.1, 0.15) is 22.8 Å². The summed E-state index contributed by atoms with van der Waals surface area (Å²) in [5.41, 5.74) is 7.99. The van der Waals surface area contributed by atoms with E-state index in [-0.39, 0.29) is 11.9 Å². The molecule has 1 unspecified atom stereocenters. The van der Waals surface area contributed by atoms with Crippen LogP contribution in [0.15, 0.2) is 51.4 Å². The van der Waals surface area contributed by atoms with Crippen molar-refractivity contribution in [1.82, 2.24) is 5.32 Å². The number of anilines is 1. The zero-order valence-electron chi connectivity index (χ0n) is 11.6. The lowest BCUT2D eigenvalue weighted by molar-refractivity contribution is 0.0941. The summed E-state index contributed by atoms with van der Waals surface area (Å²) in [4.78, 5) is 12.3. The number of hydrogen-bond donors (Lipinski definition) is 2. The Morgan fingerprint density at radius 1 is 1.14 bits per heavy atom. The number of hydrogen-bond acceptors (Lipinski definition) is 2. The van der Waals surface area contributed by atoms with E-state index in [1.807, 2.05) is 37.3 Å². The number of nitrogen functional groups attached to an aromatic ring is 1. The Kier molecular flexibility index (Phi) is 5.42. The van der Waals surface area contributed by atoms with Crippen LogP contribution in [0.25, 0.3) is 0 Å². The fourth-order valence-electron chi connectivity index (χ4n) is 2.05. The molecule has 21 heavy (non-hydrogen) atoms. The second-order valence-corrected chi connectivity index (χ2v) is 6.77. The average Bonchev–Trinajstić information content (AvgIpc) is 2.44. The van der Waals surface area contributed by atoms with Crippen LogP contribution < -0.4 is 11.1 Å². The van der Waals surface area contributed by atoms with E-state index in [1.54, 1.807) is 12.1 Å². The highest BCUT2D eigenvalue weighted by Gasteiger charge is 2.13. The number of carbonyl (C=O) groups excluding carboxylic acids is 1. The minimum atomic E-state index is -0.154. The molecular formula is C16H16Br2N2O. The Hall–Kier alpha value is -1.33. The van der Waals surface area contributed by atoms with Gasteiger partial charge in [-0.15, -0.1) is 0 Å². The molecule has 0 spiro atoms. The molecule has 2 aromatic rings. The lowest BCUT2D eigenvalue weighted by atomic mass is 10.1. The Balaban J connectivity index is 2.01. The second-order valence-electron chi connectivity index (χ2n) is 4.94. The number of rotatable bonds is 4. The monoisotopic (exact) mass is 410 g/mol. The molecule has 1 amide bonds. The molecule has 5 heteroatoms. The molecule has 0 saturated heterocycles. The van der Waals surface area contributed by atoms with E-state index in [0.717, 1.165) is 15.4 Å². The Morgan fingerprint density at radius 2 is 1.76 bits per heavy atom. The summed E-state index contributed by atoms with van der Waals surface area (Å²) in [5.74, 6) is -0.154. The molecule has 2 rings (SSSR count). The Bertz CT molecular complexity index is 641. The lowest BCUT2D eigenvalue weighted by Crippen LogP contribution is -2.34. The predicted molar refractivity (Wildman–Crippen MR) is 93.3 cm³/mol. The smallest absolute Gasteiger partial charge is 0.253 e. The zero-order valence-corrected chi connectivity index (χ0v) is 14.7.